The van der Waals surface area contributed by atoms with Gasteiger partial charge in [0.2, 0.25) is 17.7 Å². The van der Waals surface area contributed by atoms with Gasteiger partial charge in [-0.05, 0) is 43.3 Å². The van der Waals surface area contributed by atoms with Crippen molar-refractivity contribution in [2.45, 2.75) is 18.9 Å². The van der Waals surface area contributed by atoms with E-state index in [2.05, 4.69) is 22.1 Å². The third-order valence-corrected chi connectivity index (χ3v) is 6.38. The van der Waals surface area contributed by atoms with Gasteiger partial charge in [0, 0.05) is 30.6 Å². The smallest absolute Gasteiger partial charge is 0.247 e. The molecule has 0 saturated carbocycles. The number of likely N-dealkylation sites (tertiary alicyclic amines) is 2. The first-order chi connectivity index (χ1) is 15.0. The SMILES string of the molecule is COc1cccc(CC(=O)N2CC3(CC(c4nnc(-c5ccccc5)o4)N(C)C3)C2)c1. The molecule has 2 saturated heterocycles. The number of benzene rings is 2. The highest BCUT2D eigenvalue weighted by Crippen LogP contribution is 2.47. The van der Waals surface area contributed by atoms with E-state index in [9.17, 15) is 4.79 Å². The number of aromatic nitrogens is 2. The summed E-state index contributed by atoms with van der Waals surface area (Å²) in [5.74, 6) is 2.14. The van der Waals surface area contributed by atoms with Crippen molar-refractivity contribution in [2.24, 2.45) is 5.41 Å². The highest BCUT2D eigenvalue weighted by atomic mass is 16.5. The highest BCUT2D eigenvalue weighted by Gasteiger charge is 2.53. The average molecular weight is 418 g/mol. The molecule has 7 nitrogen and oxygen atoms in total. The molecule has 0 N–H and O–H groups in total. The van der Waals surface area contributed by atoms with Gasteiger partial charge in [0.05, 0.1) is 19.6 Å². The molecular weight excluding hydrogens is 392 g/mol. The lowest BCUT2D eigenvalue weighted by Crippen LogP contribution is -2.59. The molecule has 1 spiro atoms. The summed E-state index contributed by atoms with van der Waals surface area (Å²) in [4.78, 5) is 17.0. The van der Waals surface area contributed by atoms with Crippen molar-refractivity contribution < 1.29 is 13.9 Å². The number of hydrogen-bond acceptors (Lipinski definition) is 6. The van der Waals surface area contributed by atoms with Gasteiger partial charge in [0.1, 0.15) is 5.75 Å². The molecule has 0 bridgehead atoms. The Morgan fingerprint density at radius 2 is 1.94 bits per heavy atom. The number of carbonyl (C=O) groups excluding carboxylic acids is 1. The molecule has 160 valence electrons. The van der Waals surface area contributed by atoms with Crippen LogP contribution in [0.4, 0.5) is 0 Å². The predicted octanol–water partition coefficient (Wildman–Crippen LogP) is 3.19. The number of methoxy groups -OCH3 is 1. The van der Waals surface area contributed by atoms with Gasteiger partial charge in [-0.15, -0.1) is 10.2 Å². The Hall–Kier alpha value is -3.19. The zero-order chi connectivity index (χ0) is 21.4. The first-order valence-corrected chi connectivity index (χ1v) is 10.5. The summed E-state index contributed by atoms with van der Waals surface area (Å²) in [6.07, 6.45) is 1.32. The summed E-state index contributed by atoms with van der Waals surface area (Å²) in [5, 5.41) is 8.57. The van der Waals surface area contributed by atoms with E-state index in [1.54, 1.807) is 7.11 Å². The fourth-order valence-corrected chi connectivity index (χ4v) is 4.85. The minimum Gasteiger partial charge on any atom is -0.497 e. The van der Waals surface area contributed by atoms with E-state index in [4.69, 9.17) is 9.15 Å². The number of rotatable bonds is 5. The average Bonchev–Trinajstić information content (AvgIpc) is 3.38. The van der Waals surface area contributed by atoms with Crippen LogP contribution in [0, 0.1) is 5.41 Å². The van der Waals surface area contributed by atoms with Gasteiger partial charge in [-0.25, -0.2) is 0 Å². The van der Waals surface area contributed by atoms with Crippen LogP contribution in [0.25, 0.3) is 11.5 Å². The van der Waals surface area contributed by atoms with Crippen LogP contribution < -0.4 is 4.74 Å². The van der Waals surface area contributed by atoms with E-state index in [1.807, 2.05) is 59.5 Å². The molecule has 7 heteroatoms. The summed E-state index contributed by atoms with van der Waals surface area (Å²) >= 11 is 0. The zero-order valence-electron chi connectivity index (χ0n) is 17.8. The van der Waals surface area contributed by atoms with Crippen molar-refractivity contribution in [2.75, 3.05) is 33.8 Å². The molecule has 2 aliphatic heterocycles. The van der Waals surface area contributed by atoms with Gasteiger partial charge in [0.25, 0.3) is 0 Å². The van der Waals surface area contributed by atoms with Gasteiger partial charge < -0.3 is 14.1 Å². The number of hydrogen-bond donors (Lipinski definition) is 0. The summed E-state index contributed by atoms with van der Waals surface area (Å²) in [7, 11) is 3.73. The van der Waals surface area contributed by atoms with Gasteiger partial charge in [-0.1, -0.05) is 30.3 Å². The summed E-state index contributed by atoms with van der Waals surface area (Å²) in [6.45, 7) is 2.47. The van der Waals surface area contributed by atoms with Crippen molar-refractivity contribution >= 4 is 5.91 Å². The molecule has 0 aliphatic carbocycles. The van der Waals surface area contributed by atoms with E-state index in [1.165, 1.54) is 0 Å². The number of amides is 1. The van der Waals surface area contributed by atoms with Gasteiger partial charge in [-0.3, -0.25) is 9.69 Å². The standard InChI is InChI=1S/C24H26N4O3/c1-27-14-24(13-20(27)23-26-25-22(31-23)18-8-4-3-5-9-18)15-28(16-24)21(29)12-17-7-6-10-19(11-17)30-2/h3-11,20H,12-16H2,1-2H3. The van der Waals surface area contributed by atoms with Crippen LogP contribution in [0.5, 0.6) is 5.75 Å². The first-order valence-electron chi connectivity index (χ1n) is 10.5. The molecule has 31 heavy (non-hydrogen) atoms. The maximum absolute atomic E-state index is 12.8. The Morgan fingerprint density at radius 3 is 2.71 bits per heavy atom. The molecule has 1 aromatic heterocycles. The maximum Gasteiger partial charge on any atom is 0.247 e. The van der Waals surface area contributed by atoms with Crippen molar-refractivity contribution in [3.8, 4) is 17.2 Å². The Labute approximate surface area is 181 Å². The third kappa shape index (κ3) is 3.81. The molecule has 2 aromatic carbocycles. The summed E-state index contributed by atoms with van der Waals surface area (Å²) in [6, 6.07) is 17.6. The minimum absolute atomic E-state index is 0.0839. The van der Waals surface area contributed by atoms with Gasteiger partial charge >= 0.3 is 0 Å². The summed E-state index contributed by atoms with van der Waals surface area (Å²) < 4.78 is 11.3. The van der Waals surface area contributed by atoms with E-state index >= 15 is 0 Å². The van der Waals surface area contributed by atoms with Crippen molar-refractivity contribution in [3.05, 3.63) is 66.1 Å². The van der Waals surface area contributed by atoms with Crippen LogP contribution in [0.1, 0.15) is 23.9 Å². The predicted molar refractivity (Wildman–Crippen MR) is 115 cm³/mol. The molecule has 2 fully saturated rings. The second-order valence-corrected chi connectivity index (χ2v) is 8.72. The van der Waals surface area contributed by atoms with Gasteiger partial charge in [-0.2, -0.15) is 0 Å². The zero-order valence-corrected chi connectivity index (χ0v) is 17.8. The Morgan fingerprint density at radius 1 is 1.13 bits per heavy atom. The van der Waals surface area contributed by atoms with Crippen molar-refractivity contribution in [1.82, 2.24) is 20.0 Å². The molecule has 1 amide bonds. The molecule has 0 radical (unpaired) electrons. The molecule has 3 heterocycles. The third-order valence-electron chi connectivity index (χ3n) is 6.38. The second-order valence-electron chi connectivity index (χ2n) is 8.72. The molecule has 2 aliphatic rings. The Bertz CT molecular complexity index is 1080. The fraction of sp³-hybridized carbons (Fsp3) is 0.375. The normalized spacial score (nSPS) is 20.1. The van der Waals surface area contributed by atoms with Crippen LogP contribution in [0.2, 0.25) is 0 Å². The largest absolute Gasteiger partial charge is 0.497 e. The summed E-state index contributed by atoms with van der Waals surface area (Å²) in [5.41, 5.74) is 2.01. The molecular formula is C24H26N4O3. The molecule has 3 aromatic rings. The highest BCUT2D eigenvalue weighted by molar-refractivity contribution is 5.80. The van der Waals surface area contributed by atoms with E-state index < -0.39 is 0 Å². The van der Waals surface area contributed by atoms with Crippen molar-refractivity contribution in [3.63, 3.8) is 0 Å². The number of ether oxygens (including phenoxy) is 1. The van der Waals surface area contributed by atoms with Crippen LogP contribution >= 0.6 is 0 Å². The van der Waals surface area contributed by atoms with Crippen LogP contribution in [0.15, 0.2) is 59.0 Å². The number of carbonyl (C=O) groups is 1. The van der Waals surface area contributed by atoms with Crippen LogP contribution in [-0.2, 0) is 11.2 Å². The van der Waals surface area contributed by atoms with Crippen LogP contribution in [0.3, 0.4) is 0 Å². The lowest BCUT2D eigenvalue weighted by Gasteiger charge is -2.48. The Balaban J connectivity index is 1.22. The first kappa shape index (κ1) is 19.8. The van der Waals surface area contributed by atoms with E-state index in [-0.39, 0.29) is 17.4 Å². The topological polar surface area (TPSA) is 71.7 Å². The fourth-order valence-electron chi connectivity index (χ4n) is 4.85. The monoisotopic (exact) mass is 418 g/mol. The lowest BCUT2D eigenvalue weighted by molar-refractivity contribution is -0.141. The van der Waals surface area contributed by atoms with E-state index in [0.29, 0.717) is 18.2 Å². The lowest BCUT2D eigenvalue weighted by atomic mass is 9.77. The van der Waals surface area contributed by atoms with Crippen LogP contribution in [-0.4, -0.2) is 59.7 Å². The quantitative estimate of drug-likeness (QED) is 0.634. The molecule has 1 atom stereocenters. The maximum atomic E-state index is 12.8. The minimum atomic E-state index is 0.0839. The Kier molecular flexibility index (Phi) is 4.98. The van der Waals surface area contributed by atoms with Crippen molar-refractivity contribution in [1.29, 1.82) is 0 Å². The second kappa shape index (κ2) is 7.81. The number of nitrogens with zero attached hydrogens (tertiary/aromatic N) is 4. The molecule has 1 unspecified atom stereocenters. The van der Waals surface area contributed by atoms with Gasteiger partial charge in [0.15, 0.2) is 0 Å². The molecule has 5 rings (SSSR count). The van der Waals surface area contributed by atoms with E-state index in [0.717, 1.165) is 42.9 Å².